The van der Waals surface area contributed by atoms with Crippen molar-refractivity contribution in [3.05, 3.63) is 39.4 Å². The van der Waals surface area contributed by atoms with Gasteiger partial charge in [-0.15, -0.1) is 0 Å². The number of rotatable bonds is 3. The van der Waals surface area contributed by atoms with Crippen LogP contribution in [0.2, 0.25) is 0 Å². The first-order valence-corrected chi connectivity index (χ1v) is 7.75. The summed E-state index contributed by atoms with van der Waals surface area (Å²) >= 11 is 0. The van der Waals surface area contributed by atoms with Gasteiger partial charge in [0.1, 0.15) is 0 Å². The smallest absolute Gasteiger partial charge is 0.266 e. The van der Waals surface area contributed by atoms with Crippen molar-refractivity contribution in [1.82, 2.24) is 24.8 Å². The van der Waals surface area contributed by atoms with Crippen LogP contribution in [0.3, 0.4) is 0 Å². The number of nitrogens with zero attached hydrogens (tertiary/aromatic N) is 5. The van der Waals surface area contributed by atoms with E-state index < -0.39 is 0 Å². The standard InChI is InChI=1S/C15H19N5O2/c1-9(15-16-14(18-22-15)10-3-4-10)20-6-5-12-11(8-20)7-13(21)19(2)17-12/h7,9-10H,3-6,8H2,1-2H3/t9-/m0/s1. The molecule has 1 aliphatic heterocycles. The van der Waals surface area contributed by atoms with E-state index in [0.717, 1.165) is 30.0 Å². The summed E-state index contributed by atoms with van der Waals surface area (Å²) in [6.07, 6.45) is 3.16. The van der Waals surface area contributed by atoms with Crippen LogP contribution in [0.4, 0.5) is 0 Å². The monoisotopic (exact) mass is 301 g/mol. The molecule has 7 nitrogen and oxygen atoms in total. The minimum Gasteiger partial charge on any atom is -0.338 e. The molecule has 0 saturated heterocycles. The van der Waals surface area contributed by atoms with Gasteiger partial charge < -0.3 is 4.52 Å². The number of aromatic nitrogens is 4. The van der Waals surface area contributed by atoms with Gasteiger partial charge in [-0.25, -0.2) is 4.68 Å². The molecule has 0 unspecified atom stereocenters. The average molecular weight is 301 g/mol. The van der Waals surface area contributed by atoms with Gasteiger partial charge in [-0.3, -0.25) is 9.69 Å². The van der Waals surface area contributed by atoms with E-state index >= 15 is 0 Å². The third-order valence-corrected chi connectivity index (χ3v) is 4.57. The van der Waals surface area contributed by atoms with Crippen molar-refractivity contribution in [2.24, 2.45) is 7.05 Å². The largest absolute Gasteiger partial charge is 0.338 e. The number of hydrogen-bond acceptors (Lipinski definition) is 6. The summed E-state index contributed by atoms with van der Waals surface area (Å²) in [5.74, 6) is 2.01. The van der Waals surface area contributed by atoms with Crippen LogP contribution in [-0.2, 0) is 20.0 Å². The van der Waals surface area contributed by atoms with E-state index in [4.69, 9.17) is 4.52 Å². The van der Waals surface area contributed by atoms with Crippen LogP contribution in [-0.4, -0.2) is 31.4 Å². The second-order valence-electron chi connectivity index (χ2n) is 6.24. The zero-order valence-corrected chi connectivity index (χ0v) is 12.8. The summed E-state index contributed by atoms with van der Waals surface area (Å²) in [6.45, 7) is 3.64. The van der Waals surface area contributed by atoms with E-state index in [-0.39, 0.29) is 11.6 Å². The van der Waals surface area contributed by atoms with Gasteiger partial charge in [-0.1, -0.05) is 5.16 Å². The maximum absolute atomic E-state index is 11.8. The van der Waals surface area contributed by atoms with Crippen molar-refractivity contribution in [2.75, 3.05) is 6.54 Å². The molecule has 0 amide bonds. The Morgan fingerprint density at radius 1 is 1.41 bits per heavy atom. The first kappa shape index (κ1) is 13.6. The van der Waals surface area contributed by atoms with Gasteiger partial charge in [-0.05, 0) is 25.3 Å². The lowest BCUT2D eigenvalue weighted by Crippen LogP contribution is -2.36. The Labute approximate surface area is 127 Å². The van der Waals surface area contributed by atoms with Crippen molar-refractivity contribution in [3.63, 3.8) is 0 Å². The van der Waals surface area contributed by atoms with Crippen molar-refractivity contribution in [2.45, 2.75) is 44.7 Å². The van der Waals surface area contributed by atoms with Gasteiger partial charge in [-0.2, -0.15) is 10.1 Å². The van der Waals surface area contributed by atoms with E-state index in [9.17, 15) is 4.79 Å². The van der Waals surface area contributed by atoms with Crippen LogP contribution in [0, 0.1) is 0 Å². The summed E-state index contributed by atoms with van der Waals surface area (Å²) in [4.78, 5) is 18.6. The highest BCUT2D eigenvalue weighted by Crippen LogP contribution is 2.38. The summed E-state index contributed by atoms with van der Waals surface area (Å²) in [5, 5.41) is 8.43. The molecule has 0 bridgehead atoms. The molecule has 3 heterocycles. The highest BCUT2D eigenvalue weighted by molar-refractivity contribution is 5.21. The quantitative estimate of drug-likeness (QED) is 0.846. The summed E-state index contributed by atoms with van der Waals surface area (Å²) in [7, 11) is 1.69. The molecular weight excluding hydrogens is 282 g/mol. The Morgan fingerprint density at radius 3 is 3.00 bits per heavy atom. The molecule has 0 N–H and O–H groups in total. The Balaban J connectivity index is 1.55. The Hall–Kier alpha value is -2.02. The Bertz CT molecular complexity index is 762. The predicted molar refractivity (Wildman–Crippen MR) is 78.3 cm³/mol. The highest BCUT2D eigenvalue weighted by atomic mass is 16.5. The molecule has 22 heavy (non-hydrogen) atoms. The third-order valence-electron chi connectivity index (χ3n) is 4.57. The highest BCUT2D eigenvalue weighted by Gasteiger charge is 2.31. The Kier molecular flexibility index (Phi) is 3.11. The fourth-order valence-electron chi connectivity index (χ4n) is 2.93. The number of hydrogen-bond donors (Lipinski definition) is 0. The molecule has 1 saturated carbocycles. The lowest BCUT2D eigenvalue weighted by molar-refractivity contribution is 0.156. The van der Waals surface area contributed by atoms with Crippen molar-refractivity contribution in [1.29, 1.82) is 0 Å². The molecule has 0 aromatic carbocycles. The molecule has 1 fully saturated rings. The van der Waals surface area contributed by atoms with Gasteiger partial charge in [0.25, 0.3) is 5.56 Å². The zero-order chi connectivity index (χ0) is 15.3. The van der Waals surface area contributed by atoms with E-state index in [1.54, 1.807) is 13.1 Å². The Morgan fingerprint density at radius 2 is 2.23 bits per heavy atom. The number of fused-ring (bicyclic) bond motifs is 1. The maximum Gasteiger partial charge on any atom is 0.266 e. The molecule has 4 rings (SSSR count). The maximum atomic E-state index is 11.8. The minimum absolute atomic E-state index is 0.0530. The SMILES string of the molecule is C[C@@H](c1nc(C2CC2)no1)N1CCc2nn(C)c(=O)cc2C1. The molecule has 116 valence electrons. The first-order chi connectivity index (χ1) is 10.6. The second-order valence-corrected chi connectivity index (χ2v) is 6.24. The summed E-state index contributed by atoms with van der Waals surface area (Å²) in [6, 6.07) is 1.74. The van der Waals surface area contributed by atoms with Crippen LogP contribution < -0.4 is 5.56 Å². The van der Waals surface area contributed by atoms with Crippen molar-refractivity contribution in [3.8, 4) is 0 Å². The van der Waals surface area contributed by atoms with Crippen LogP contribution in [0.15, 0.2) is 15.4 Å². The first-order valence-electron chi connectivity index (χ1n) is 7.75. The zero-order valence-electron chi connectivity index (χ0n) is 12.8. The fraction of sp³-hybridized carbons (Fsp3) is 0.600. The molecule has 2 aromatic rings. The topological polar surface area (TPSA) is 77.1 Å². The molecule has 1 aliphatic carbocycles. The van der Waals surface area contributed by atoms with Crippen LogP contribution in [0.25, 0.3) is 0 Å². The lowest BCUT2D eigenvalue weighted by Gasteiger charge is -2.31. The van der Waals surface area contributed by atoms with Crippen LogP contribution in [0.5, 0.6) is 0 Å². The number of aryl methyl sites for hydroxylation is 1. The summed E-state index contributed by atoms with van der Waals surface area (Å²) < 4.78 is 6.83. The van der Waals surface area contributed by atoms with Crippen molar-refractivity contribution < 1.29 is 4.52 Å². The van der Waals surface area contributed by atoms with Gasteiger partial charge in [0.15, 0.2) is 5.82 Å². The average Bonchev–Trinajstić information content (AvgIpc) is 3.25. The molecular formula is C15H19N5O2. The van der Waals surface area contributed by atoms with E-state index in [0.29, 0.717) is 18.4 Å². The molecule has 2 aliphatic rings. The molecule has 1 atom stereocenters. The van der Waals surface area contributed by atoms with E-state index in [2.05, 4.69) is 27.1 Å². The van der Waals surface area contributed by atoms with Gasteiger partial charge in [0, 0.05) is 38.5 Å². The predicted octanol–water partition coefficient (Wildman–Crippen LogP) is 1.16. The second kappa shape index (κ2) is 5.01. The molecule has 0 radical (unpaired) electrons. The normalized spacial score (nSPS) is 19.9. The van der Waals surface area contributed by atoms with Crippen molar-refractivity contribution >= 4 is 0 Å². The van der Waals surface area contributed by atoms with Crippen LogP contribution >= 0.6 is 0 Å². The lowest BCUT2D eigenvalue weighted by atomic mass is 10.0. The van der Waals surface area contributed by atoms with Gasteiger partial charge in [0.2, 0.25) is 5.89 Å². The summed E-state index contributed by atoms with van der Waals surface area (Å²) in [5.41, 5.74) is 1.94. The third kappa shape index (κ3) is 2.35. The minimum atomic E-state index is -0.0675. The molecule has 0 spiro atoms. The van der Waals surface area contributed by atoms with Gasteiger partial charge >= 0.3 is 0 Å². The molecule has 2 aromatic heterocycles. The van der Waals surface area contributed by atoms with E-state index in [1.807, 2.05) is 0 Å². The van der Waals surface area contributed by atoms with E-state index in [1.165, 1.54) is 17.5 Å². The van der Waals surface area contributed by atoms with Crippen LogP contribution in [0.1, 0.15) is 54.7 Å². The molecule has 7 heteroatoms. The van der Waals surface area contributed by atoms with Gasteiger partial charge in [0.05, 0.1) is 11.7 Å². The fourth-order valence-corrected chi connectivity index (χ4v) is 2.93.